The van der Waals surface area contributed by atoms with Crippen LogP contribution < -0.4 is 4.74 Å². The topological polar surface area (TPSA) is 21.7 Å². The zero-order valence-corrected chi connectivity index (χ0v) is 17.5. The number of piperidine rings is 1. The number of rotatable bonds is 9. The van der Waals surface area contributed by atoms with Crippen LogP contribution in [0.4, 0.5) is 0 Å². The van der Waals surface area contributed by atoms with Crippen LogP contribution in [-0.2, 0) is 16.6 Å². The smallest absolute Gasteiger partial charge is 0.119 e. The number of hydrogen-bond donors (Lipinski definition) is 0. The first-order chi connectivity index (χ1) is 13.2. The lowest BCUT2D eigenvalue weighted by atomic mass is 9.56. The van der Waals surface area contributed by atoms with Crippen molar-refractivity contribution in [3.63, 3.8) is 0 Å². The molecule has 1 aliphatic heterocycles. The van der Waals surface area contributed by atoms with Crippen molar-refractivity contribution in [2.45, 2.75) is 70.3 Å². The molecule has 0 N–H and O–H groups in total. The van der Waals surface area contributed by atoms with Gasteiger partial charge in [-0.25, -0.2) is 0 Å². The maximum Gasteiger partial charge on any atom is 0.119 e. The van der Waals surface area contributed by atoms with E-state index in [0.717, 1.165) is 31.3 Å². The summed E-state index contributed by atoms with van der Waals surface area (Å²) in [5.41, 5.74) is 3.35. The highest BCUT2D eigenvalue weighted by Crippen LogP contribution is 2.52. The van der Waals surface area contributed by atoms with E-state index in [9.17, 15) is 0 Å². The lowest BCUT2D eigenvalue weighted by Crippen LogP contribution is -2.59. The minimum atomic E-state index is 0.249. The first kappa shape index (κ1) is 19.3. The van der Waals surface area contributed by atoms with Crippen molar-refractivity contribution in [2.75, 3.05) is 33.4 Å². The Morgan fingerprint density at radius 2 is 2.07 bits per heavy atom. The summed E-state index contributed by atoms with van der Waals surface area (Å²) in [5.74, 6) is 2.66. The number of unbranched alkanes of at least 4 members (excludes halogenated alkanes) is 1. The molecule has 2 bridgehead atoms. The van der Waals surface area contributed by atoms with E-state index in [1.54, 1.807) is 18.2 Å². The van der Waals surface area contributed by atoms with Gasteiger partial charge in [0.25, 0.3) is 0 Å². The predicted molar refractivity (Wildman–Crippen MR) is 111 cm³/mol. The molecular formula is C24H37NO2. The average molecular weight is 372 g/mol. The Labute approximate surface area is 165 Å². The Kier molecular flexibility index (Phi) is 5.80. The van der Waals surface area contributed by atoms with Gasteiger partial charge in [-0.05, 0) is 80.2 Å². The van der Waals surface area contributed by atoms with Gasteiger partial charge in [-0.1, -0.05) is 26.3 Å². The van der Waals surface area contributed by atoms with Gasteiger partial charge in [0, 0.05) is 31.2 Å². The molecule has 3 nitrogen and oxygen atoms in total. The third-order valence-electron chi connectivity index (χ3n) is 7.57. The van der Waals surface area contributed by atoms with E-state index in [1.807, 2.05) is 0 Å². The standard InChI is InChI=1S/C24H37NO2/c1-4-5-13-27-14-11-24-10-12-25(17-19-6-7-19)23(18(24)2)15-20-8-9-21(26-3)16-22(20)24/h8-9,16,18-19,23H,4-7,10-15,17H2,1-3H3/t18-,23+,24+/m1/s1. The zero-order chi connectivity index (χ0) is 18.9. The second-order valence-corrected chi connectivity index (χ2v) is 9.14. The Morgan fingerprint density at radius 1 is 1.22 bits per heavy atom. The van der Waals surface area contributed by atoms with Gasteiger partial charge in [0.2, 0.25) is 0 Å². The van der Waals surface area contributed by atoms with Crippen LogP contribution in [0.2, 0.25) is 0 Å². The Balaban J connectivity index is 1.59. The molecule has 4 rings (SSSR count). The highest BCUT2D eigenvalue weighted by molar-refractivity contribution is 5.45. The zero-order valence-electron chi connectivity index (χ0n) is 17.5. The number of methoxy groups -OCH3 is 1. The molecule has 0 unspecified atom stereocenters. The maximum absolute atomic E-state index is 6.04. The van der Waals surface area contributed by atoms with Crippen LogP contribution in [0.1, 0.15) is 63.5 Å². The van der Waals surface area contributed by atoms with Crippen LogP contribution in [0.15, 0.2) is 18.2 Å². The third-order valence-corrected chi connectivity index (χ3v) is 7.57. The van der Waals surface area contributed by atoms with E-state index < -0.39 is 0 Å². The van der Waals surface area contributed by atoms with E-state index in [-0.39, 0.29) is 5.41 Å². The van der Waals surface area contributed by atoms with Crippen LogP contribution in [0.3, 0.4) is 0 Å². The van der Waals surface area contributed by atoms with Crippen LogP contribution >= 0.6 is 0 Å². The van der Waals surface area contributed by atoms with E-state index in [2.05, 4.69) is 36.9 Å². The highest BCUT2D eigenvalue weighted by Gasteiger charge is 2.51. The minimum absolute atomic E-state index is 0.249. The van der Waals surface area contributed by atoms with Gasteiger partial charge in [0.1, 0.15) is 5.75 Å². The summed E-state index contributed by atoms with van der Waals surface area (Å²) in [7, 11) is 1.79. The van der Waals surface area contributed by atoms with Gasteiger partial charge in [0.15, 0.2) is 0 Å². The van der Waals surface area contributed by atoms with E-state index >= 15 is 0 Å². The monoisotopic (exact) mass is 371 g/mol. The highest BCUT2D eigenvalue weighted by atomic mass is 16.5. The van der Waals surface area contributed by atoms with Crippen LogP contribution in [-0.4, -0.2) is 44.4 Å². The number of nitrogens with zero attached hydrogens (tertiary/aromatic N) is 1. The molecule has 2 aliphatic carbocycles. The predicted octanol–water partition coefficient (Wildman–Crippen LogP) is 4.82. The Morgan fingerprint density at radius 3 is 2.81 bits per heavy atom. The lowest BCUT2D eigenvalue weighted by Gasteiger charge is -2.56. The average Bonchev–Trinajstić information content (AvgIpc) is 3.49. The first-order valence-corrected chi connectivity index (χ1v) is 11.2. The third kappa shape index (κ3) is 3.78. The molecule has 2 fully saturated rings. The molecule has 0 radical (unpaired) electrons. The molecule has 1 aromatic carbocycles. The molecule has 1 aromatic rings. The molecule has 1 heterocycles. The SMILES string of the molecule is CCCCOCC[C@]12CCN(CC3CC3)[C@@H](Cc3ccc(OC)cc31)[C@H]2C. The Hall–Kier alpha value is -1.06. The number of ether oxygens (including phenoxy) is 2. The van der Waals surface area contributed by atoms with Gasteiger partial charge in [-0.3, -0.25) is 4.90 Å². The summed E-state index contributed by atoms with van der Waals surface area (Å²) >= 11 is 0. The fraction of sp³-hybridized carbons (Fsp3) is 0.750. The summed E-state index contributed by atoms with van der Waals surface area (Å²) in [4.78, 5) is 2.83. The number of benzene rings is 1. The molecule has 3 aliphatic rings. The van der Waals surface area contributed by atoms with E-state index in [0.29, 0.717) is 12.0 Å². The lowest BCUT2D eigenvalue weighted by molar-refractivity contribution is -0.000392. The van der Waals surface area contributed by atoms with Gasteiger partial charge in [-0.15, -0.1) is 0 Å². The molecule has 3 atom stereocenters. The largest absolute Gasteiger partial charge is 0.497 e. The van der Waals surface area contributed by atoms with Gasteiger partial charge in [0.05, 0.1) is 7.11 Å². The van der Waals surface area contributed by atoms with Crippen molar-refractivity contribution in [2.24, 2.45) is 11.8 Å². The second kappa shape index (κ2) is 8.13. The molecular weight excluding hydrogens is 334 g/mol. The van der Waals surface area contributed by atoms with Crippen LogP contribution in [0.5, 0.6) is 5.75 Å². The normalized spacial score (nSPS) is 30.2. The van der Waals surface area contributed by atoms with Crippen molar-refractivity contribution < 1.29 is 9.47 Å². The van der Waals surface area contributed by atoms with Crippen LogP contribution in [0.25, 0.3) is 0 Å². The van der Waals surface area contributed by atoms with Crippen molar-refractivity contribution >= 4 is 0 Å². The number of likely N-dealkylation sites (tertiary alicyclic amines) is 1. The molecule has 3 heteroatoms. The van der Waals surface area contributed by atoms with Gasteiger partial charge < -0.3 is 9.47 Å². The van der Waals surface area contributed by atoms with E-state index in [4.69, 9.17) is 9.47 Å². The van der Waals surface area contributed by atoms with Crippen molar-refractivity contribution in [3.8, 4) is 5.75 Å². The van der Waals surface area contributed by atoms with Gasteiger partial charge >= 0.3 is 0 Å². The fourth-order valence-corrected chi connectivity index (χ4v) is 5.61. The fourth-order valence-electron chi connectivity index (χ4n) is 5.61. The molecule has 150 valence electrons. The number of hydrogen-bond acceptors (Lipinski definition) is 3. The quantitative estimate of drug-likeness (QED) is 0.581. The molecule has 0 spiro atoms. The summed E-state index contributed by atoms with van der Waals surface area (Å²) in [6.07, 6.45) is 8.88. The minimum Gasteiger partial charge on any atom is -0.497 e. The molecule has 1 saturated carbocycles. The molecule has 0 aromatic heterocycles. The molecule has 0 amide bonds. The van der Waals surface area contributed by atoms with E-state index in [1.165, 1.54) is 51.6 Å². The maximum atomic E-state index is 6.04. The molecule has 27 heavy (non-hydrogen) atoms. The molecule has 1 saturated heterocycles. The van der Waals surface area contributed by atoms with Gasteiger partial charge in [-0.2, -0.15) is 0 Å². The summed E-state index contributed by atoms with van der Waals surface area (Å²) in [6.45, 7) is 9.10. The van der Waals surface area contributed by atoms with Crippen LogP contribution in [0, 0.1) is 11.8 Å². The Bertz CT molecular complexity index is 641. The summed E-state index contributed by atoms with van der Waals surface area (Å²) < 4.78 is 11.6. The van der Waals surface area contributed by atoms with Crippen molar-refractivity contribution in [1.29, 1.82) is 0 Å². The first-order valence-electron chi connectivity index (χ1n) is 11.2. The number of fused-ring (bicyclic) bond motifs is 4. The second-order valence-electron chi connectivity index (χ2n) is 9.14. The summed E-state index contributed by atoms with van der Waals surface area (Å²) in [6, 6.07) is 7.52. The summed E-state index contributed by atoms with van der Waals surface area (Å²) in [5, 5.41) is 0. The van der Waals surface area contributed by atoms with Crippen molar-refractivity contribution in [1.82, 2.24) is 4.90 Å². The van der Waals surface area contributed by atoms with Crippen molar-refractivity contribution in [3.05, 3.63) is 29.3 Å².